The lowest BCUT2D eigenvalue weighted by molar-refractivity contribution is 0.445. The normalized spacial score (nSPS) is 11.4. The fourth-order valence-electron chi connectivity index (χ4n) is 3.76. The molecule has 0 aromatic heterocycles. The fourth-order valence-corrected chi connectivity index (χ4v) is 5.48. The van der Waals surface area contributed by atoms with E-state index in [4.69, 9.17) is 0 Å². The third-order valence-corrected chi connectivity index (χ3v) is 7.38. The quantitative estimate of drug-likeness (QED) is 0.335. The summed E-state index contributed by atoms with van der Waals surface area (Å²) in [4.78, 5) is 0.222. The molecule has 4 aromatic carbocycles. The molecule has 0 aliphatic carbocycles. The first kappa shape index (κ1) is 22.2. The molecule has 0 heterocycles. The van der Waals surface area contributed by atoms with Crippen LogP contribution in [-0.4, -0.2) is 28.8 Å². The van der Waals surface area contributed by atoms with E-state index in [1.807, 2.05) is 0 Å². The molecule has 0 saturated heterocycles. The van der Waals surface area contributed by atoms with Crippen molar-refractivity contribution in [3.63, 3.8) is 0 Å². The van der Waals surface area contributed by atoms with Gasteiger partial charge in [-0.3, -0.25) is 0 Å². The van der Waals surface area contributed by atoms with Crippen LogP contribution >= 0.6 is 0 Å². The molecule has 0 radical (unpaired) electrons. The summed E-state index contributed by atoms with van der Waals surface area (Å²) in [5.41, 5.74) is 1.97. The molecule has 0 amide bonds. The molecule has 7 heteroatoms. The summed E-state index contributed by atoms with van der Waals surface area (Å²) in [7, 11) is -3.94. The Balaban J connectivity index is 1.76. The molecule has 4 rings (SSSR count). The van der Waals surface area contributed by atoms with Crippen LogP contribution in [0.5, 0.6) is 23.0 Å². The number of hydrogen-bond acceptors (Lipinski definition) is 6. The van der Waals surface area contributed by atoms with Gasteiger partial charge < -0.3 is 20.4 Å². The van der Waals surface area contributed by atoms with Gasteiger partial charge in [0.1, 0.15) is 23.0 Å². The first-order valence-electron chi connectivity index (χ1n) is 10.2. The smallest absolute Gasteiger partial charge is 0.207 e. The zero-order chi connectivity index (χ0) is 23.6. The molecule has 0 atom stereocenters. The molecule has 168 valence electrons. The second-order valence-corrected chi connectivity index (χ2v) is 9.58. The van der Waals surface area contributed by atoms with Gasteiger partial charge in [0.15, 0.2) is 0 Å². The average molecular weight is 463 g/mol. The molecule has 0 saturated carbocycles. The van der Waals surface area contributed by atoms with Crippen LogP contribution in [0.25, 0.3) is 0 Å². The van der Waals surface area contributed by atoms with E-state index in [1.54, 1.807) is 48.5 Å². The van der Waals surface area contributed by atoms with Crippen LogP contribution in [0.4, 0.5) is 0 Å². The Morgan fingerprint density at radius 1 is 0.515 bits per heavy atom. The average Bonchev–Trinajstić information content (AvgIpc) is 2.78. The van der Waals surface area contributed by atoms with Gasteiger partial charge in [0.25, 0.3) is 0 Å². The van der Waals surface area contributed by atoms with Crippen LogP contribution in [0, 0.1) is 0 Å². The van der Waals surface area contributed by atoms with Crippen LogP contribution in [0.2, 0.25) is 0 Å². The monoisotopic (exact) mass is 462 g/mol. The number of phenolic OH excluding ortho intramolecular Hbond substituents is 4. The molecule has 4 aromatic rings. The minimum atomic E-state index is -3.94. The van der Waals surface area contributed by atoms with Crippen molar-refractivity contribution in [3.8, 4) is 23.0 Å². The second kappa shape index (κ2) is 8.88. The summed E-state index contributed by atoms with van der Waals surface area (Å²) < 4.78 is 27.5. The van der Waals surface area contributed by atoms with E-state index in [-0.39, 0.29) is 45.6 Å². The van der Waals surface area contributed by atoms with Gasteiger partial charge in [0.2, 0.25) is 9.84 Å². The van der Waals surface area contributed by atoms with E-state index in [0.29, 0.717) is 22.3 Å². The first-order chi connectivity index (χ1) is 15.8. The number of sulfone groups is 1. The zero-order valence-corrected chi connectivity index (χ0v) is 18.3. The van der Waals surface area contributed by atoms with E-state index >= 15 is 0 Å². The Morgan fingerprint density at radius 3 is 1.30 bits per heavy atom. The highest BCUT2D eigenvalue weighted by Gasteiger charge is 2.24. The highest BCUT2D eigenvalue weighted by atomic mass is 32.2. The maximum atomic E-state index is 13.7. The van der Waals surface area contributed by atoms with Gasteiger partial charge in [0.05, 0.1) is 9.79 Å². The van der Waals surface area contributed by atoms with Gasteiger partial charge in [-0.2, -0.15) is 0 Å². The summed E-state index contributed by atoms with van der Waals surface area (Å²) in [6.07, 6.45) is 0.310. The van der Waals surface area contributed by atoms with E-state index in [9.17, 15) is 28.8 Å². The third-order valence-electron chi connectivity index (χ3n) is 5.42. The standard InChI is InChI=1S/C26H22O6S/c27-21-11-9-17(23(29)15-21)13-19-5-1-3-7-25(19)33(31,32)26-8-4-2-6-20(26)14-18-10-12-22(28)16-24(18)30/h1-12,15-16,27-30H,13-14H2. The van der Waals surface area contributed by atoms with Gasteiger partial charge in [0, 0.05) is 25.0 Å². The molecule has 0 fully saturated rings. The molecular weight excluding hydrogens is 440 g/mol. The molecular formula is C26H22O6S. The van der Waals surface area contributed by atoms with Gasteiger partial charge in [-0.15, -0.1) is 0 Å². The zero-order valence-electron chi connectivity index (χ0n) is 17.5. The third kappa shape index (κ3) is 4.63. The maximum absolute atomic E-state index is 13.7. The first-order valence-corrected chi connectivity index (χ1v) is 11.7. The van der Waals surface area contributed by atoms with Crippen LogP contribution in [0.3, 0.4) is 0 Å². The summed E-state index contributed by atoms with van der Waals surface area (Å²) in [6, 6.07) is 21.6. The topological polar surface area (TPSA) is 115 Å². The van der Waals surface area contributed by atoms with Crippen molar-refractivity contribution in [2.45, 2.75) is 22.6 Å². The van der Waals surface area contributed by atoms with Gasteiger partial charge in [-0.05, 0) is 46.5 Å². The Bertz CT molecular complexity index is 1320. The van der Waals surface area contributed by atoms with Gasteiger partial charge in [-0.1, -0.05) is 48.5 Å². The summed E-state index contributed by atoms with van der Waals surface area (Å²) in [5, 5.41) is 39.4. The van der Waals surface area contributed by atoms with E-state index in [1.165, 1.54) is 36.4 Å². The Hall–Kier alpha value is -3.97. The molecule has 0 spiro atoms. The van der Waals surface area contributed by atoms with Crippen LogP contribution < -0.4 is 0 Å². The van der Waals surface area contributed by atoms with Crippen LogP contribution in [0.1, 0.15) is 22.3 Å². The lowest BCUT2D eigenvalue weighted by atomic mass is 10.0. The highest BCUT2D eigenvalue weighted by molar-refractivity contribution is 7.91. The summed E-state index contributed by atoms with van der Waals surface area (Å²) in [6.45, 7) is 0. The van der Waals surface area contributed by atoms with Crippen LogP contribution in [0.15, 0.2) is 94.7 Å². The van der Waals surface area contributed by atoms with Gasteiger partial charge >= 0.3 is 0 Å². The highest BCUT2D eigenvalue weighted by Crippen LogP contribution is 2.33. The van der Waals surface area contributed by atoms with Crippen molar-refractivity contribution in [1.82, 2.24) is 0 Å². The molecule has 0 bridgehead atoms. The molecule has 0 aliphatic rings. The van der Waals surface area contributed by atoms with E-state index in [2.05, 4.69) is 0 Å². The SMILES string of the molecule is O=S(=O)(c1ccccc1Cc1ccc(O)cc1O)c1ccccc1Cc1ccc(O)cc1O. The molecule has 4 N–H and O–H groups in total. The molecule has 0 unspecified atom stereocenters. The lowest BCUT2D eigenvalue weighted by Crippen LogP contribution is -2.09. The fraction of sp³-hybridized carbons (Fsp3) is 0.0769. The summed E-state index contributed by atoms with van der Waals surface area (Å²) in [5.74, 6) is -0.400. The number of benzene rings is 4. The van der Waals surface area contributed by atoms with Gasteiger partial charge in [-0.25, -0.2) is 8.42 Å². The molecule has 0 aliphatic heterocycles. The van der Waals surface area contributed by atoms with E-state index in [0.717, 1.165) is 0 Å². The Kier molecular flexibility index (Phi) is 5.98. The second-order valence-electron chi connectivity index (χ2n) is 7.70. The van der Waals surface area contributed by atoms with Crippen LogP contribution in [-0.2, 0) is 22.7 Å². The lowest BCUT2D eigenvalue weighted by Gasteiger charge is -2.15. The number of aromatic hydroxyl groups is 4. The minimum absolute atomic E-state index is 0.0800. The predicted molar refractivity (Wildman–Crippen MR) is 123 cm³/mol. The predicted octanol–water partition coefficient (Wildman–Crippen LogP) is 4.52. The van der Waals surface area contributed by atoms with Crippen molar-refractivity contribution >= 4 is 9.84 Å². The van der Waals surface area contributed by atoms with E-state index < -0.39 is 9.84 Å². The molecule has 33 heavy (non-hydrogen) atoms. The van der Waals surface area contributed by atoms with Crippen molar-refractivity contribution in [3.05, 3.63) is 107 Å². The Morgan fingerprint density at radius 2 is 0.909 bits per heavy atom. The number of hydrogen-bond donors (Lipinski definition) is 4. The Labute approximate surface area is 191 Å². The van der Waals surface area contributed by atoms with Crippen molar-refractivity contribution in [1.29, 1.82) is 0 Å². The summed E-state index contributed by atoms with van der Waals surface area (Å²) >= 11 is 0. The van der Waals surface area contributed by atoms with Crippen molar-refractivity contribution in [2.75, 3.05) is 0 Å². The largest absolute Gasteiger partial charge is 0.508 e. The number of phenols is 4. The number of rotatable bonds is 6. The maximum Gasteiger partial charge on any atom is 0.207 e. The minimum Gasteiger partial charge on any atom is -0.508 e. The van der Waals surface area contributed by atoms with Crippen molar-refractivity contribution < 1.29 is 28.8 Å². The van der Waals surface area contributed by atoms with Crippen molar-refractivity contribution in [2.24, 2.45) is 0 Å². The molecule has 6 nitrogen and oxygen atoms in total.